The minimum Gasteiger partial charge on any atom is -0.481 e. The predicted octanol–water partition coefficient (Wildman–Crippen LogP) is 1.83. The first-order chi connectivity index (χ1) is 30.7. The maximum atomic E-state index is 13.2. The molecule has 7 fully saturated rings. The van der Waals surface area contributed by atoms with Crippen molar-refractivity contribution in [1.29, 1.82) is 0 Å². The van der Waals surface area contributed by atoms with Gasteiger partial charge in [-0.25, -0.2) is 4.79 Å². The van der Waals surface area contributed by atoms with Crippen LogP contribution in [-0.4, -0.2) is 168 Å². The Hall–Kier alpha value is -1.88. The van der Waals surface area contributed by atoms with Gasteiger partial charge in [0.05, 0.1) is 24.2 Å². The minimum atomic E-state index is -2.06. The summed E-state index contributed by atoms with van der Waals surface area (Å²) in [7, 11) is 0. The van der Waals surface area contributed by atoms with Gasteiger partial charge in [0.25, 0.3) is 0 Å². The summed E-state index contributed by atoms with van der Waals surface area (Å²) in [4.78, 5) is 26.0. The van der Waals surface area contributed by atoms with Crippen LogP contribution in [0.2, 0.25) is 0 Å². The summed E-state index contributed by atoms with van der Waals surface area (Å²) in [6.07, 6.45) is -16.6. The van der Waals surface area contributed by atoms with Crippen molar-refractivity contribution in [2.24, 2.45) is 50.2 Å². The molecule has 3 heterocycles. The molecule has 0 bridgehead atoms. The van der Waals surface area contributed by atoms with Gasteiger partial charge >= 0.3 is 11.9 Å². The van der Waals surface area contributed by atoms with Crippen molar-refractivity contribution >= 4 is 11.9 Å². The minimum absolute atomic E-state index is 0.0241. The smallest absolute Gasteiger partial charge is 0.335 e. The molecule has 3 aliphatic heterocycles. The standard InChI is InChI=1S/C48H76O18/c1-21-28(50)30(52)32(54)39(61-21)64-35-34(56)36(38(57)58)65-41(37(35)66-40-33(55)31(53)29(51)24(20-49)62-40)63-27-12-13-45(6)25(44(27,4)5)11-14-47(8)26(45)10-9-22-23-19-43(2,3)15-17-48(23,42(59)60)18-16-46(22,47)7/h9,21,23-37,39-41,49-56H,10-20H2,1-8H3,(H,57,58)(H,59,60)/t21-,23+,24-,25-,26+,27+,28+,29+,30+,31+,32-,33-,34+,35-,36-,37+,39-,40-,41-,45+,46-,47-,48-/m0/s1. The van der Waals surface area contributed by atoms with E-state index >= 15 is 0 Å². The Kier molecular flexibility index (Phi) is 13.4. The average Bonchev–Trinajstić information content (AvgIpc) is 3.24. The molecule has 0 spiro atoms. The predicted molar refractivity (Wildman–Crippen MR) is 230 cm³/mol. The van der Waals surface area contributed by atoms with Crippen LogP contribution >= 0.6 is 0 Å². The highest BCUT2D eigenvalue weighted by Gasteiger charge is 2.70. The lowest BCUT2D eigenvalue weighted by Crippen LogP contribution is -2.68. The van der Waals surface area contributed by atoms with E-state index in [1.165, 1.54) is 12.5 Å². The number of ether oxygens (including phenoxy) is 6. The molecule has 0 amide bonds. The number of allylic oxidation sites excluding steroid dienone is 2. The number of hydrogen-bond donors (Lipinski definition) is 10. The third-order valence-corrected chi connectivity index (χ3v) is 19.3. The van der Waals surface area contributed by atoms with Crippen molar-refractivity contribution in [1.82, 2.24) is 0 Å². The molecular weight excluding hydrogens is 865 g/mol. The average molecular weight is 941 g/mol. The fourth-order valence-electron chi connectivity index (χ4n) is 15.1. The Labute approximate surface area is 386 Å². The van der Waals surface area contributed by atoms with E-state index in [0.717, 1.165) is 44.9 Å². The van der Waals surface area contributed by atoms with E-state index in [1.807, 2.05) is 0 Å². The molecule has 8 rings (SSSR count). The zero-order chi connectivity index (χ0) is 48.4. The van der Waals surface area contributed by atoms with E-state index in [2.05, 4.69) is 54.5 Å². The van der Waals surface area contributed by atoms with Crippen LogP contribution in [0.15, 0.2) is 11.6 Å². The number of aliphatic hydroxyl groups excluding tert-OH is 8. The number of hydrogen-bond acceptors (Lipinski definition) is 16. The van der Waals surface area contributed by atoms with E-state index in [9.17, 15) is 60.7 Å². The molecule has 0 aromatic carbocycles. The highest BCUT2D eigenvalue weighted by Crippen LogP contribution is 2.76. The second-order valence-corrected chi connectivity index (χ2v) is 23.5. The first-order valence-corrected chi connectivity index (χ1v) is 24.2. The van der Waals surface area contributed by atoms with Gasteiger partial charge in [-0.3, -0.25) is 4.79 Å². The molecule has 0 aromatic heterocycles. The first-order valence-electron chi connectivity index (χ1n) is 24.2. The maximum absolute atomic E-state index is 13.2. The molecule has 0 unspecified atom stereocenters. The van der Waals surface area contributed by atoms with E-state index < -0.39 is 128 Å². The van der Waals surface area contributed by atoms with E-state index in [-0.39, 0.29) is 39.4 Å². The van der Waals surface area contributed by atoms with Gasteiger partial charge < -0.3 is 79.5 Å². The molecule has 23 atom stereocenters. The van der Waals surface area contributed by atoms with Gasteiger partial charge in [0.1, 0.15) is 61.0 Å². The molecule has 4 saturated carbocycles. The van der Waals surface area contributed by atoms with Crippen molar-refractivity contribution in [3.05, 3.63) is 11.6 Å². The lowest BCUT2D eigenvalue weighted by molar-refractivity contribution is -0.395. The number of carboxylic acids is 2. The van der Waals surface area contributed by atoms with Gasteiger partial charge in [-0.2, -0.15) is 0 Å². The van der Waals surface area contributed by atoms with Crippen LogP contribution in [0.3, 0.4) is 0 Å². The number of carbonyl (C=O) groups is 2. The number of rotatable bonds is 9. The molecule has 3 saturated heterocycles. The molecule has 376 valence electrons. The van der Waals surface area contributed by atoms with Gasteiger partial charge in [-0.05, 0) is 116 Å². The van der Waals surface area contributed by atoms with Crippen molar-refractivity contribution in [3.8, 4) is 0 Å². The normalized spacial score (nSPS) is 53.3. The number of fused-ring (bicyclic) bond motifs is 7. The van der Waals surface area contributed by atoms with Crippen LogP contribution in [0.5, 0.6) is 0 Å². The molecule has 66 heavy (non-hydrogen) atoms. The van der Waals surface area contributed by atoms with Crippen LogP contribution in [0.1, 0.15) is 120 Å². The topological polar surface area (TPSA) is 292 Å². The fraction of sp³-hybridized carbons (Fsp3) is 0.917. The molecule has 18 nitrogen and oxygen atoms in total. The first kappa shape index (κ1) is 50.5. The summed E-state index contributed by atoms with van der Waals surface area (Å²) in [5.41, 5.74) is -0.505. The largest absolute Gasteiger partial charge is 0.481 e. The van der Waals surface area contributed by atoms with Gasteiger partial charge in [0, 0.05) is 0 Å². The summed E-state index contributed by atoms with van der Waals surface area (Å²) in [6, 6.07) is 0. The summed E-state index contributed by atoms with van der Waals surface area (Å²) in [5, 5.41) is 107. The molecular formula is C48H76O18. The lowest BCUT2D eigenvalue weighted by atomic mass is 9.33. The third-order valence-electron chi connectivity index (χ3n) is 19.3. The number of aliphatic carboxylic acids is 2. The zero-order valence-corrected chi connectivity index (χ0v) is 39.6. The monoisotopic (exact) mass is 941 g/mol. The van der Waals surface area contributed by atoms with Gasteiger partial charge in [0.15, 0.2) is 25.0 Å². The Morgan fingerprint density at radius 2 is 1.29 bits per heavy atom. The van der Waals surface area contributed by atoms with E-state index in [1.54, 1.807) is 0 Å². The lowest BCUT2D eigenvalue weighted by Gasteiger charge is -2.71. The second-order valence-electron chi connectivity index (χ2n) is 23.5. The molecule has 0 radical (unpaired) electrons. The number of aliphatic hydroxyl groups is 8. The van der Waals surface area contributed by atoms with Crippen molar-refractivity contribution in [2.45, 2.75) is 218 Å². The maximum Gasteiger partial charge on any atom is 0.335 e. The highest BCUT2D eigenvalue weighted by atomic mass is 16.8. The Balaban J connectivity index is 1.11. The fourth-order valence-corrected chi connectivity index (χ4v) is 15.1. The Bertz CT molecular complexity index is 1860. The summed E-state index contributed by atoms with van der Waals surface area (Å²) in [6.45, 7) is 16.6. The van der Waals surface area contributed by atoms with Crippen molar-refractivity contribution in [2.75, 3.05) is 6.61 Å². The van der Waals surface area contributed by atoms with Crippen LogP contribution in [0, 0.1) is 50.2 Å². The van der Waals surface area contributed by atoms with E-state index in [0.29, 0.717) is 19.3 Å². The molecule has 5 aliphatic carbocycles. The van der Waals surface area contributed by atoms with Gasteiger partial charge in [-0.15, -0.1) is 0 Å². The highest BCUT2D eigenvalue weighted by molar-refractivity contribution is 5.76. The van der Waals surface area contributed by atoms with Crippen LogP contribution in [0.4, 0.5) is 0 Å². The van der Waals surface area contributed by atoms with Crippen LogP contribution < -0.4 is 0 Å². The van der Waals surface area contributed by atoms with Gasteiger partial charge in [-0.1, -0.05) is 60.1 Å². The van der Waals surface area contributed by atoms with Gasteiger partial charge in [0.2, 0.25) is 0 Å². The summed E-state index contributed by atoms with van der Waals surface area (Å²) < 4.78 is 36.7. The quantitative estimate of drug-likeness (QED) is 0.117. The number of carboxylic acid groups (broad SMARTS) is 2. The Morgan fingerprint density at radius 3 is 1.92 bits per heavy atom. The van der Waals surface area contributed by atoms with Crippen molar-refractivity contribution < 1.29 is 89.1 Å². The summed E-state index contributed by atoms with van der Waals surface area (Å²) >= 11 is 0. The third kappa shape index (κ3) is 7.74. The van der Waals surface area contributed by atoms with Crippen molar-refractivity contribution in [3.63, 3.8) is 0 Å². The Morgan fingerprint density at radius 1 is 0.667 bits per heavy atom. The zero-order valence-electron chi connectivity index (χ0n) is 39.6. The second kappa shape index (κ2) is 17.5. The SMILES string of the molecule is C[C@@H]1O[C@@H](O[C@H]2[C@@H](O)[C@@H](C(=O)O)O[C@H](O[C@@H]3CC[C@@]4(C)[C@H]5CC=C6[C@H]7CC(C)(C)CC[C@]7(C(=O)O)CC[C@]6(C)[C@@]5(C)CC[C@H]4C3(C)C)[C@@H]2O[C@@H]2O[C@@H](CO)[C@@H](O)[C@@H](O)[C@@H]2O)[C@@H](O)[C@H](O)[C@@H]1O. The van der Waals surface area contributed by atoms with E-state index in [4.69, 9.17) is 28.4 Å². The van der Waals surface area contributed by atoms with Crippen LogP contribution in [0.25, 0.3) is 0 Å². The summed E-state index contributed by atoms with van der Waals surface area (Å²) in [5.74, 6) is -1.96. The molecule has 8 aliphatic rings. The molecule has 0 aromatic rings. The molecule has 10 N–H and O–H groups in total. The molecule has 18 heteroatoms. The van der Waals surface area contributed by atoms with Crippen LogP contribution in [-0.2, 0) is 38.0 Å².